The van der Waals surface area contributed by atoms with Gasteiger partial charge in [-0.15, -0.1) is 0 Å². The average Bonchev–Trinajstić information content (AvgIpc) is 2.18. The zero-order valence-corrected chi connectivity index (χ0v) is 8.23. The molecular weight excluding hydrogens is 200 g/mol. The van der Waals surface area contributed by atoms with E-state index in [1.807, 2.05) is 0 Å². The van der Waals surface area contributed by atoms with Crippen LogP contribution in [0.4, 0.5) is 0 Å². The van der Waals surface area contributed by atoms with Crippen molar-refractivity contribution < 1.29 is 0 Å². The molecule has 4 nitrogen and oxygen atoms in total. The molecule has 0 aromatic carbocycles. The highest BCUT2D eigenvalue weighted by Crippen LogP contribution is 2.16. The van der Waals surface area contributed by atoms with Gasteiger partial charge in [-0.05, 0) is 6.92 Å². The smallest absolute Gasteiger partial charge is 0.133 e. The van der Waals surface area contributed by atoms with Gasteiger partial charge in [0.2, 0.25) is 0 Å². The lowest BCUT2D eigenvalue weighted by atomic mass is 10.3. The predicted molar refractivity (Wildman–Crippen MR) is 52.8 cm³/mol. The van der Waals surface area contributed by atoms with Gasteiger partial charge >= 0.3 is 0 Å². The van der Waals surface area contributed by atoms with Crippen LogP contribution in [0.2, 0.25) is 5.15 Å². The Bertz CT molecular complexity index is 424. The first-order chi connectivity index (χ1) is 6.75. The molecular formula is C9H7ClN4. The Kier molecular flexibility index (Phi) is 2.37. The molecule has 2 rings (SSSR count). The van der Waals surface area contributed by atoms with Crippen LogP contribution in [-0.2, 0) is 0 Å². The number of hydrogen-bond donors (Lipinski definition) is 0. The summed E-state index contributed by atoms with van der Waals surface area (Å²) in [6.07, 6.45) is 4.86. The van der Waals surface area contributed by atoms with Crippen LogP contribution in [0.5, 0.6) is 0 Å². The van der Waals surface area contributed by atoms with E-state index < -0.39 is 0 Å². The van der Waals surface area contributed by atoms with Gasteiger partial charge in [0, 0.05) is 18.5 Å². The second kappa shape index (κ2) is 3.67. The molecule has 0 radical (unpaired) electrons. The summed E-state index contributed by atoms with van der Waals surface area (Å²) in [6, 6.07) is 1.67. The second-order valence-corrected chi connectivity index (χ2v) is 3.10. The van der Waals surface area contributed by atoms with Crippen molar-refractivity contribution in [2.45, 2.75) is 6.92 Å². The molecule has 70 valence electrons. The minimum absolute atomic E-state index is 0.415. The van der Waals surface area contributed by atoms with Gasteiger partial charge in [-0.25, -0.2) is 9.97 Å². The lowest BCUT2D eigenvalue weighted by Gasteiger charge is -2.00. The number of halogens is 1. The molecule has 2 heterocycles. The van der Waals surface area contributed by atoms with Crippen LogP contribution >= 0.6 is 11.6 Å². The minimum atomic E-state index is 0.415. The monoisotopic (exact) mass is 206 g/mol. The first-order valence-corrected chi connectivity index (χ1v) is 4.41. The normalized spacial score (nSPS) is 10.1. The summed E-state index contributed by atoms with van der Waals surface area (Å²) in [7, 11) is 0. The van der Waals surface area contributed by atoms with Crippen molar-refractivity contribution in [2.24, 2.45) is 0 Å². The summed E-state index contributed by atoms with van der Waals surface area (Å²) >= 11 is 5.80. The molecule has 0 aliphatic heterocycles. The molecule has 0 spiro atoms. The van der Waals surface area contributed by atoms with Gasteiger partial charge in [-0.1, -0.05) is 11.6 Å². The lowest BCUT2D eigenvalue weighted by Crippen LogP contribution is -1.93. The average molecular weight is 207 g/mol. The number of hydrogen-bond acceptors (Lipinski definition) is 4. The first-order valence-electron chi connectivity index (χ1n) is 4.03. The van der Waals surface area contributed by atoms with Gasteiger partial charge in [-0.2, -0.15) is 0 Å². The van der Waals surface area contributed by atoms with Crippen LogP contribution in [0.3, 0.4) is 0 Å². The fraction of sp³-hybridized carbons (Fsp3) is 0.111. The summed E-state index contributed by atoms with van der Waals surface area (Å²) in [4.78, 5) is 16.2. The molecule has 2 aromatic heterocycles. The summed E-state index contributed by atoms with van der Waals surface area (Å²) in [5, 5.41) is 0.415. The van der Waals surface area contributed by atoms with Crippen molar-refractivity contribution in [3.63, 3.8) is 0 Å². The lowest BCUT2D eigenvalue weighted by molar-refractivity contribution is 1.05. The first kappa shape index (κ1) is 9.02. The van der Waals surface area contributed by atoms with Gasteiger partial charge in [0.15, 0.2) is 0 Å². The van der Waals surface area contributed by atoms with Crippen LogP contribution in [0, 0.1) is 6.92 Å². The van der Waals surface area contributed by atoms with Gasteiger partial charge < -0.3 is 0 Å². The number of nitrogens with zero attached hydrogens (tertiary/aromatic N) is 4. The van der Waals surface area contributed by atoms with Crippen LogP contribution in [0.25, 0.3) is 11.4 Å². The van der Waals surface area contributed by atoms with Gasteiger partial charge in [-0.3, -0.25) is 9.97 Å². The second-order valence-electron chi connectivity index (χ2n) is 2.71. The Morgan fingerprint density at radius 3 is 2.64 bits per heavy atom. The fourth-order valence-electron chi connectivity index (χ4n) is 1.09. The number of rotatable bonds is 1. The van der Waals surface area contributed by atoms with E-state index in [2.05, 4.69) is 19.9 Å². The summed E-state index contributed by atoms with van der Waals surface area (Å²) < 4.78 is 0. The molecule has 0 fully saturated rings. The van der Waals surface area contributed by atoms with Crippen molar-refractivity contribution in [3.8, 4) is 11.4 Å². The summed E-state index contributed by atoms with van der Waals surface area (Å²) in [5.41, 5.74) is 1.38. The highest BCUT2D eigenvalue weighted by molar-refractivity contribution is 6.29. The van der Waals surface area contributed by atoms with Crippen molar-refractivity contribution in [3.05, 3.63) is 35.6 Å². The van der Waals surface area contributed by atoms with E-state index in [-0.39, 0.29) is 0 Å². The largest absolute Gasteiger partial charge is 0.261 e. The Balaban J connectivity index is 2.52. The van der Waals surface area contributed by atoms with E-state index in [1.54, 1.807) is 31.6 Å². The third-order valence-electron chi connectivity index (χ3n) is 1.63. The van der Waals surface area contributed by atoms with Gasteiger partial charge in [0.25, 0.3) is 0 Å². The molecule has 14 heavy (non-hydrogen) atoms. The van der Waals surface area contributed by atoms with Gasteiger partial charge in [0.05, 0.1) is 11.9 Å². The molecule has 0 aliphatic carbocycles. The maximum atomic E-state index is 5.80. The van der Waals surface area contributed by atoms with Crippen molar-refractivity contribution >= 4 is 11.6 Å². The zero-order chi connectivity index (χ0) is 9.97. The van der Waals surface area contributed by atoms with Crippen molar-refractivity contribution in [1.82, 2.24) is 19.9 Å². The van der Waals surface area contributed by atoms with E-state index in [0.29, 0.717) is 22.4 Å². The molecule has 0 bridgehead atoms. The maximum Gasteiger partial charge on any atom is 0.133 e. The fourth-order valence-corrected chi connectivity index (χ4v) is 1.32. The molecule has 0 aliphatic rings. The van der Waals surface area contributed by atoms with E-state index in [1.165, 1.54) is 0 Å². The molecule has 0 N–H and O–H groups in total. The van der Waals surface area contributed by atoms with Crippen LogP contribution in [0.15, 0.2) is 24.7 Å². The Labute approximate surface area is 86.0 Å². The third-order valence-corrected chi connectivity index (χ3v) is 1.83. The zero-order valence-electron chi connectivity index (χ0n) is 7.48. The molecule has 2 aromatic rings. The van der Waals surface area contributed by atoms with E-state index in [4.69, 9.17) is 11.6 Å². The quantitative estimate of drug-likeness (QED) is 0.669. The summed E-state index contributed by atoms with van der Waals surface area (Å²) in [6.45, 7) is 1.78. The van der Waals surface area contributed by atoms with Crippen molar-refractivity contribution in [2.75, 3.05) is 0 Å². The van der Waals surface area contributed by atoms with Gasteiger partial charge in [0.1, 0.15) is 16.7 Å². The minimum Gasteiger partial charge on any atom is -0.261 e. The standard InChI is InChI=1S/C9H7ClN4/c1-6-13-7(4-9(10)14-6)8-5-11-2-3-12-8/h2-5H,1H3. The van der Waals surface area contributed by atoms with E-state index >= 15 is 0 Å². The van der Waals surface area contributed by atoms with Crippen molar-refractivity contribution in [1.29, 1.82) is 0 Å². The third kappa shape index (κ3) is 1.85. The molecule has 0 amide bonds. The molecule has 0 atom stereocenters. The molecule has 0 saturated carbocycles. The van der Waals surface area contributed by atoms with Crippen LogP contribution in [0.1, 0.15) is 5.82 Å². The topological polar surface area (TPSA) is 51.6 Å². The van der Waals surface area contributed by atoms with Crippen LogP contribution in [-0.4, -0.2) is 19.9 Å². The highest BCUT2D eigenvalue weighted by atomic mass is 35.5. The van der Waals surface area contributed by atoms with E-state index in [0.717, 1.165) is 0 Å². The Hall–Kier alpha value is -1.55. The summed E-state index contributed by atoms with van der Waals surface area (Å²) in [5.74, 6) is 0.623. The maximum absolute atomic E-state index is 5.80. The predicted octanol–water partition coefficient (Wildman–Crippen LogP) is 1.90. The Morgan fingerprint density at radius 2 is 2.00 bits per heavy atom. The molecule has 5 heteroatoms. The van der Waals surface area contributed by atoms with E-state index in [9.17, 15) is 0 Å². The number of aryl methyl sites for hydroxylation is 1. The Morgan fingerprint density at radius 1 is 1.14 bits per heavy atom. The number of aromatic nitrogens is 4. The van der Waals surface area contributed by atoms with Crippen LogP contribution < -0.4 is 0 Å². The highest BCUT2D eigenvalue weighted by Gasteiger charge is 2.03. The SMILES string of the molecule is Cc1nc(Cl)cc(-c2cnccn2)n1. The molecule has 0 saturated heterocycles. The molecule has 0 unspecified atom stereocenters.